The second-order valence-electron chi connectivity index (χ2n) is 5.51. The lowest BCUT2D eigenvalue weighted by Gasteiger charge is -2.48. The number of nitrogens with zero attached hydrogens (tertiary/aromatic N) is 3. The number of piperazine rings is 1. The highest BCUT2D eigenvalue weighted by Gasteiger charge is 2.33. The standard InChI is InChI=1S/C14H20BrN3/c1-11-9-17-5-3-2-4-13(17)10-18(11)14-6-12(15)7-16-8-14/h6-8,11,13H,2-5,9-10H2,1H3. The maximum absolute atomic E-state index is 4.30. The van der Waals surface area contributed by atoms with Gasteiger partial charge >= 0.3 is 0 Å². The molecule has 0 bridgehead atoms. The van der Waals surface area contributed by atoms with Crippen molar-refractivity contribution < 1.29 is 0 Å². The number of anilines is 1. The Balaban J connectivity index is 1.80. The monoisotopic (exact) mass is 309 g/mol. The van der Waals surface area contributed by atoms with E-state index in [1.165, 1.54) is 38.0 Å². The molecule has 0 amide bonds. The summed E-state index contributed by atoms with van der Waals surface area (Å²) in [7, 11) is 0. The van der Waals surface area contributed by atoms with Gasteiger partial charge in [0, 0.05) is 35.8 Å². The zero-order valence-electron chi connectivity index (χ0n) is 10.8. The summed E-state index contributed by atoms with van der Waals surface area (Å²) in [5.74, 6) is 0. The van der Waals surface area contributed by atoms with Crippen molar-refractivity contribution >= 4 is 21.6 Å². The molecule has 4 heteroatoms. The van der Waals surface area contributed by atoms with Crippen LogP contribution < -0.4 is 4.90 Å². The fraction of sp³-hybridized carbons (Fsp3) is 0.643. The number of fused-ring (bicyclic) bond motifs is 1. The predicted molar refractivity (Wildman–Crippen MR) is 78.0 cm³/mol. The molecule has 1 aromatic rings. The number of piperidine rings is 1. The predicted octanol–water partition coefficient (Wildman–Crippen LogP) is 2.91. The molecular weight excluding hydrogens is 290 g/mol. The Labute approximate surface area is 117 Å². The van der Waals surface area contributed by atoms with Gasteiger partial charge in [0.2, 0.25) is 0 Å². The summed E-state index contributed by atoms with van der Waals surface area (Å²) in [5.41, 5.74) is 1.25. The first-order valence-corrected chi connectivity index (χ1v) is 7.64. The Morgan fingerprint density at radius 2 is 2.17 bits per heavy atom. The first-order chi connectivity index (χ1) is 8.74. The highest BCUT2D eigenvalue weighted by Crippen LogP contribution is 2.28. The van der Waals surface area contributed by atoms with E-state index in [4.69, 9.17) is 0 Å². The summed E-state index contributed by atoms with van der Waals surface area (Å²) in [5, 5.41) is 0. The van der Waals surface area contributed by atoms with E-state index in [-0.39, 0.29) is 0 Å². The molecule has 0 N–H and O–H groups in total. The van der Waals surface area contributed by atoms with E-state index in [1.54, 1.807) is 0 Å². The second-order valence-corrected chi connectivity index (χ2v) is 6.42. The largest absolute Gasteiger partial charge is 0.365 e. The van der Waals surface area contributed by atoms with Crippen LogP contribution in [0.3, 0.4) is 0 Å². The van der Waals surface area contributed by atoms with Gasteiger partial charge in [0.25, 0.3) is 0 Å². The van der Waals surface area contributed by atoms with Gasteiger partial charge < -0.3 is 4.90 Å². The van der Waals surface area contributed by atoms with Gasteiger partial charge in [-0.25, -0.2) is 0 Å². The minimum Gasteiger partial charge on any atom is -0.365 e. The molecule has 2 saturated heterocycles. The van der Waals surface area contributed by atoms with Crippen LogP contribution in [0.1, 0.15) is 26.2 Å². The van der Waals surface area contributed by atoms with Crippen molar-refractivity contribution in [3.63, 3.8) is 0 Å². The van der Waals surface area contributed by atoms with E-state index in [0.717, 1.165) is 17.1 Å². The quantitative estimate of drug-likeness (QED) is 0.795. The Morgan fingerprint density at radius 1 is 1.28 bits per heavy atom. The Kier molecular flexibility index (Phi) is 3.57. The zero-order valence-corrected chi connectivity index (χ0v) is 12.4. The van der Waals surface area contributed by atoms with Crippen molar-refractivity contribution in [3.8, 4) is 0 Å². The number of hydrogen-bond acceptors (Lipinski definition) is 3. The summed E-state index contributed by atoms with van der Waals surface area (Å²) in [4.78, 5) is 9.49. The molecule has 3 nitrogen and oxygen atoms in total. The van der Waals surface area contributed by atoms with Crippen LogP contribution in [0.15, 0.2) is 22.9 Å². The number of halogens is 1. The fourth-order valence-corrected chi connectivity index (χ4v) is 3.62. The lowest BCUT2D eigenvalue weighted by molar-refractivity contribution is 0.115. The van der Waals surface area contributed by atoms with Crippen molar-refractivity contribution in [2.24, 2.45) is 0 Å². The molecule has 3 rings (SSSR count). The Hall–Kier alpha value is -0.610. The second kappa shape index (κ2) is 5.17. The normalized spacial score (nSPS) is 29.1. The third-order valence-corrected chi connectivity index (χ3v) is 4.64. The molecule has 2 unspecified atom stereocenters. The van der Waals surface area contributed by atoms with Gasteiger partial charge in [0.05, 0.1) is 11.9 Å². The van der Waals surface area contributed by atoms with Crippen molar-refractivity contribution in [3.05, 3.63) is 22.9 Å². The topological polar surface area (TPSA) is 19.4 Å². The molecule has 18 heavy (non-hydrogen) atoms. The number of rotatable bonds is 1. The molecule has 2 aliphatic heterocycles. The average Bonchev–Trinajstić information content (AvgIpc) is 2.38. The molecule has 98 valence electrons. The summed E-state index contributed by atoms with van der Waals surface area (Å²) >= 11 is 3.52. The lowest BCUT2D eigenvalue weighted by Crippen LogP contribution is -2.58. The number of hydrogen-bond donors (Lipinski definition) is 0. The number of aromatic nitrogens is 1. The van der Waals surface area contributed by atoms with E-state index >= 15 is 0 Å². The van der Waals surface area contributed by atoms with E-state index in [9.17, 15) is 0 Å². The van der Waals surface area contributed by atoms with Gasteiger partial charge in [-0.1, -0.05) is 6.42 Å². The Bertz CT molecular complexity index is 423. The van der Waals surface area contributed by atoms with Crippen molar-refractivity contribution in [1.82, 2.24) is 9.88 Å². The summed E-state index contributed by atoms with van der Waals surface area (Å²) in [6, 6.07) is 3.51. The van der Waals surface area contributed by atoms with Gasteiger partial charge in [-0.2, -0.15) is 0 Å². The van der Waals surface area contributed by atoms with Gasteiger partial charge in [0.15, 0.2) is 0 Å². The van der Waals surface area contributed by atoms with E-state index in [2.05, 4.69) is 43.7 Å². The number of pyridine rings is 1. The molecule has 2 aliphatic rings. The summed E-state index contributed by atoms with van der Waals surface area (Å²) in [6.07, 6.45) is 7.96. The maximum atomic E-state index is 4.30. The minimum absolute atomic E-state index is 0.579. The van der Waals surface area contributed by atoms with Crippen LogP contribution in [-0.2, 0) is 0 Å². The van der Waals surface area contributed by atoms with Crippen LogP contribution in [0, 0.1) is 0 Å². The van der Waals surface area contributed by atoms with Crippen molar-refractivity contribution in [2.45, 2.75) is 38.3 Å². The molecular formula is C14H20BrN3. The third-order valence-electron chi connectivity index (χ3n) is 4.21. The SMILES string of the molecule is CC1CN2CCCCC2CN1c1cncc(Br)c1. The molecule has 3 heterocycles. The van der Waals surface area contributed by atoms with Crippen LogP contribution in [0.2, 0.25) is 0 Å². The molecule has 0 aliphatic carbocycles. The average molecular weight is 310 g/mol. The molecule has 0 spiro atoms. The van der Waals surface area contributed by atoms with Crippen LogP contribution >= 0.6 is 15.9 Å². The van der Waals surface area contributed by atoms with Gasteiger partial charge in [-0.3, -0.25) is 9.88 Å². The first kappa shape index (κ1) is 12.4. The van der Waals surface area contributed by atoms with Gasteiger partial charge in [-0.05, 0) is 48.3 Å². The van der Waals surface area contributed by atoms with E-state index < -0.39 is 0 Å². The summed E-state index contributed by atoms with van der Waals surface area (Å²) in [6.45, 7) is 5.96. The molecule has 0 radical (unpaired) electrons. The first-order valence-electron chi connectivity index (χ1n) is 6.85. The third kappa shape index (κ3) is 2.41. The minimum atomic E-state index is 0.579. The smallest absolute Gasteiger partial charge is 0.0567 e. The van der Waals surface area contributed by atoms with Crippen LogP contribution in [0.4, 0.5) is 5.69 Å². The van der Waals surface area contributed by atoms with Crippen molar-refractivity contribution in [1.29, 1.82) is 0 Å². The van der Waals surface area contributed by atoms with Gasteiger partial charge in [0.1, 0.15) is 0 Å². The van der Waals surface area contributed by atoms with Crippen LogP contribution in [0.25, 0.3) is 0 Å². The summed E-state index contributed by atoms with van der Waals surface area (Å²) < 4.78 is 1.07. The highest BCUT2D eigenvalue weighted by atomic mass is 79.9. The molecule has 2 fully saturated rings. The zero-order chi connectivity index (χ0) is 12.5. The molecule has 2 atom stereocenters. The molecule has 1 aromatic heterocycles. The highest BCUT2D eigenvalue weighted by molar-refractivity contribution is 9.10. The van der Waals surface area contributed by atoms with Crippen LogP contribution in [0.5, 0.6) is 0 Å². The fourth-order valence-electron chi connectivity index (χ4n) is 3.27. The maximum Gasteiger partial charge on any atom is 0.0567 e. The van der Waals surface area contributed by atoms with Crippen molar-refractivity contribution in [2.75, 3.05) is 24.5 Å². The van der Waals surface area contributed by atoms with Gasteiger partial charge in [-0.15, -0.1) is 0 Å². The van der Waals surface area contributed by atoms with Crippen LogP contribution in [-0.4, -0.2) is 41.6 Å². The van der Waals surface area contributed by atoms with E-state index in [0.29, 0.717) is 6.04 Å². The van der Waals surface area contributed by atoms with E-state index in [1.807, 2.05) is 12.4 Å². The molecule has 0 saturated carbocycles. The lowest BCUT2D eigenvalue weighted by atomic mass is 9.97. The molecule has 0 aromatic carbocycles. The Morgan fingerprint density at radius 3 is 3.00 bits per heavy atom.